The fraction of sp³-hybridized carbons (Fsp3) is 1.00. The molecule has 0 aromatic rings. The molecule has 3 heteroatoms. The molecule has 11 heavy (non-hydrogen) atoms. The van der Waals surface area contributed by atoms with Crippen molar-refractivity contribution in [1.82, 2.24) is 5.32 Å². The molecule has 2 nitrogen and oxygen atoms in total. The molecule has 1 N–H and O–H groups in total. The first-order valence-corrected chi connectivity index (χ1v) is 5.57. The summed E-state index contributed by atoms with van der Waals surface area (Å²) in [6, 6.07) is 0.465. The fourth-order valence-electron chi connectivity index (χ4n) is 1.57. The Balaban J connectivity index is 2.59. The number of hydrogen-bond acceptors (Lipinski definition) is 2. The SMILES string of the molecule is CCC1NCC(C)S(=O)C1C. The maximum absolute atomic E-state index is 11.6. The van der Waals surface area contributed by atoms with Crippen LogP contribution in [0.5, 0.6) is 0 Å². The Morgan fingerprint density at radius 1 is 1.55 bits per heavy atom. The lowest BCUT2D eigenvalue weighted by molar-refractivity contribution is 0.462. The number of rotatable bonds is 1. The lowest BCUT2D eigenvalue weighted by Gasteiger charge is -2.32. The summed E-state index contributed by atoms with van der Waals surface area (Å²) in [5.74, 6) is 0. The molecule has 0 radical (unpaired) electrons. The zero-order chi connectivity index (χ0) is 8.43. The van der Waals surface area contributed by atoms with Crippen molar-refractivity contribution in [3.8, 4) is 0 Å². The lowest BCUT2D eigenvalue weighted by Crippen LogP contribution is -2.51. The first-order chi connectivity index (χ1) is 5.16. The Kier molecular flexibility index (Phi) is 3.07. The van der Waals surface area contributed by atoms with Gasteiger partial charge in [0.25, 0.3) is 0 Å². The van der Waals surface area contributed by atoms with E-state index in [0.717, 1.165) is 13.0 Å². The zero-order valence-electron chi connectivity index (χ0n) is 7.46. The van der Waals surface area contributed by atoms with Gasteiger partial charge in [0.05, 0.1) is 0 Å². The average molecular weight is 175 g/mol. The molecule has 1 fully saturated rings. The van der Waals surface area contributed by atoms with E-state index < -0.39 is 10.8 Å². The summed E-state index contributed by atoms with van der Waals surface area (Å²) < 4.78 is 11.6. The molecule has 0 aromatic carbocycles. The Morgan fingerprint density at radius 3 is 2.73 bits per heavy atom. The Hall–Kier alpha value is 0.110. The highest BCUT2D eigenvalue weighted by atomic mass is 32.2. The Morgan fingerprint density at radius 2 is 2.18 bits per heavy atom. The van der Waals surface area contributed by atoms with E-state index in [-0.39, 0.29) is 0 Å². The molecule has 0 aliphatic carbocycles. The van der Waals surface area contributed by atoms with E-state index in [2.05, 4.69) is 19.2 Å². The van der Waals surface area contributed by atoms with Gasteiger partial charge in [-0.3, -0.25) is 4.21 Å². The van der Waals surface area contributed by atoms with Crippen LogP contribution >= 0.6 is 0 Å². The molecule has 4 atom stereocenters. The minimum atomic E-state index is -0.622. The van der Waals surface area contributed by atoms with Crippen molar-refractivity contribution in [2.75, 3.05) is 6.54 Å². The first kappa shape index (κ1) is 9.20. The van der Waals surface area contributed by atoms with Gasteiger partial charge in [-0.2, -0.15) is 0 Å². The van der Waals surface area contributed by atoms with Crippen molar-refractivity contribution in [2.45, 2.75) is 43.7 Å². The average Bonchev–Trinajstić information content (AvgIpc) is 2.01. The summed E-state index contributed by atoms with van der Waals surface area (Å²) in [7, 11) is -0.622. The maximum Gasteiger partial charge on any atom is 0.0476 e. The highest BCUT2D eigenvalue weighted by Crippen LogP contribution is 2.15. The predicted octanol–water partition coefficient (Wildman–Crippen LogP) is 0.894. The van der Waals surface area contributed by atoms with Crippen LogP contribution in [0.4, 0.5) is 0 Å². The van der Waals surface area contributed by atoms with E-state index in [1.807, 2.05) is 6.92 Å². The van der Waals surface area contributed by atoms with E-state index >= 15 is 0 Å². The molecule has 1 rings (SSSR count). The van der Waals surface area contributed by atoms with Crippen LogP contribution in [-0.4, -0.2) is 27.3 Å². The second kappa shape index (κ2) is 3.68. The van der Waals surface area contributed by atoms with Crippen molar-refractivity contribution >= 4 is 10.8 Å². The van der Waals surface area contributed by atoms with E-state index in [0.29, 0.717) is 16.5 Å². The lowest BCUT2D eigenvalue weighted by atomic mass is 10.1. The number of hydrogen-bond donors (Lipinski definition) is 1. The van der Waals surface area contributed by atoms with Crippen LogP contribution in [0.25, 0.3) is 0 Å². The van der Waals surface area contributed by atoms with Crippen LogP contribution in [0.2, 0.25) is 0 Å². The third-order valence-electron chi connectivity index (χ3n) is 2.44. The summed E-state index contributed by atoms with van der Waals surface area (Å²) in [6.45, 7) is 7.18. The molecule has 0 saturated carbocycles. The fourth-order valence-corrected chi connectivity index (χ4v) is 3.18. The Bertz CT molecular complexity index is 160. The van der Waals surface area contributed by atoms with Crippen molar-refractivity contribution in [3.05, 3.63) is 0 Å². The molecule has 1 heterocycles. The third kappa shape index (κ3) is 1.82. The van der Waals surface area contributed by atoms with Gasteiger partial charge in [0.15, 0.2) is 0 Å². The second-order valence-electron chi connectivity index (χ2n) is 3.27. The quantitative estimate of drug-likeness (QED) is 0.641. The zero-order valence-corrected chi connectivity index (χ0v) is 8.28. The molecule has 0 spiro atoms. The standard InChI is InChI=1S/C8H17NOS/c1-4-8-7(3)11(10)6(2)5-9-8/h6-9H,4-5H2,1-3H3. The van der Waals surface area contributed by atoms with Gasteiger partial charge in [0.2, 0.25) is 0 Å². The van der Waals surface area contributed by atoms with Crippen molar-refractivity contribution in [1.29, 1.82) is 0 Å². The van der Waals surface area contributed by atoms with Gasteiger partial charge in [0.1, 0.15) is 0 Å². The summed E-state index contributed by atoms with van der Waals surface area (Å²) in [5, 5.41) is 4.06. The van der Waals surface area contributed by atoms with E-state index in [1.54, 1.807) is 0 Å². The summed E-state index contributed by atoms with van der Waals surface area (Å²) in [4.78, 5) is 0. The van der Waals surface area contributed by atoms with E-state index in [9.17, 15) is 4.21 Å². The predicted molar refractivity (Wildman–Crippen MR) is 49.1 cm³/mol. The molecule has 1 aliphatic rings. The van der Waals surface area contributed by atoms with Gasteiger partial charge < -0.3 is 5.32 Å². The highest BCUT2D eigenvalue weighted by Gasteiger charge is 2.29. The van der Waals surface area contributed by atoms with Crippen LogP contribution in [0, 0.1) is 0 Å². The normalized spacial score (nSPS) is 45.7. The van der Waals surface area contributed by atoms with Crippen LogP contribution in [-0.2, 0) is 10.8 Å². The summed E-state index contributed by atoms with van der Waals surface area (Å²) in [6.07, 6.45) is 1.08. The van der Waals surface area contributed by atoms with Gasteiger partial charge in [-0.05, 0) is 20.3 Å². The largest absolute Gasteiger partial charge is 0.312 e. The topological polar surface area (TPSA) is 29.1 Å². The van der Waals surface area contributed by atoms with Crippen molar-refractivity contribution in [2.24, 2.45) is 0 Å². The molecule has 0 aromatic heterocycles. The van der Waals surface area contributed by atoms with Gasteiger partial charge in [0, 0.05) is 33.9 Å². The van der Waals surface area contributed by atoms with Crippen LogP contribution in [0.15, 0.2) is 0 Å². The molecule has 1 saturated heterocycles. The van der Waals surface area contributed by atoms with Crippen molar-refractivity contribution in [3.63, 3.8) is 0 Å². The minimum absolute atomic E-state index is 0.323. The van der Waals surface area contributed by atoms with Crippen LogP contribution in [0.3, 0.4) is 0 Å². The van der Waals surface area contributed by atoms with Crippen LogP contribution in [0.1, 0.15) is 27.2 Å². The third-order valence-corrected chi connectivity index (χ3v) is 4.46. The summed E-state index contributed by atoms with van der Waals surface area (Å²) >= 11 is 0. The molecule has 4 unspecified atom stereocenters. The van der Waals surface area contributed by atoms with Gasteiger partial charge in [-0.15, -0.1) is 0 Å². The smallest absolute Gasteiger partial charge is 0.0476 e. The molecule has 0 bridgehead atoms. The van der Waals surface area contributed by atoms with E-state index in [1.165, 1.54) is 0 Å². The molecular formula is C8H17NOS. The van der Waals surface area contributed by atoms with Crippen LogP contribution < -0.4 is 5.32 Å². The molecule has 0 amide bonds. The van der Waals surface area contributed by atoms with Gasteiger partial charge in [-0.25, -0.2) is 0 Å². The Labute approximate surface area is 71.2 Å². The first-order valence-electron chi connectivity index (χ1n) is 4.29. The second-order valence-corrected chi connectivity index (χ2v) is 5.47. The van der Waals surface area contributed by atoms with Crippen molar-refractivity contribution < 1.29 is 4.21 Å². The van der Waals surface area contributed by atoms with E-state index in [4.69, 9.17) is 0 Å². The maximum atomic E-state index is 11.6. The highest BCUT2D eigenvalue weighted by molar-refractivity contribution is 7.86. The van der Waals surface area contributed by atoms with Gasteiger partial charge in [-0.1, -0.05) is 6.92 Å². The molecule has 1 aliphatic heterocycles. The monoisotopic (exact) mass is 175 g/mol. The molecular weight excluding hydrogens is 158 g/mol. The minimum Gasteiger partial charge on any atom is -0.312 e. The number of nitrogens with one attached hydrogen (secondary N) is 1. The summed E-state index contributed by atoms with van der Waals surface area (Å²) in [5.41, 5.74) is 0. The van der Waals surface area contributed by atoms with Gasteiger partial charge >= 0.3 is 0 Å². The molecule has 66 valence electrons.